The fourth-order valence-electron chi connectivity index (χ4n) is 1.90. The number of nitrogens with one attached hydrogen (secondary N) is 1. The Morgan fingerprint density at radius 1 is 1.55 bits per heavy atom. The van der Waals surface area contributed by atoms with Crippen molar-refractivity contribution in [1.82, 2.24) is 10.2 Å². The number of ether oxygens (including phenoxy) is 1. The van der Waals surface area contributed by atoms with Gasteiger partial charge in [0.15, 0.2) is 0 Å². The number of nitrogens with two attached hydrogens (primary N) is 1. The molecule has 9 heteroatoms. The Labute approximate surface area is 120 Å². The predicted molar refractivity (Wildman–Crippen MR) is 67.3 cm³/mol. The predicted octanol–water partition coefficient (Wildman–Crippen LogP) is -0.402. The van der Waals surface area contributed by atoms with Crippen molar-refractivity contribution in [2.45, 2.75) is 12.5 Å². The van der Waals surface area contributed by atoms with Gasteiger partial charge in [0.25, 0.3) is 0 Å². The van der Waals surface area contributed by atoms with Crippen LogP contribution >= 0.6 is 0 Å². The Morgan fingerprint density at radius 2 is 2.20 bits per heavy atom. The molecule has 0 aliphatic heterocycles. The third-order valence-corrected chi connectivity index (χ3v) is 3.44. The fraction of sp³-hybridized carbons (Fsp3) is 0.273. The quantitative estimate of drug-likeness (QED) is 0.666. The Kier molecular flexibility index (Phi) is 3.95. The number of methoxy groups -OCH3 is 1. The summed E-state index contributed by atoms with van der Waals surface area (Å²) in [5, 5.41) is 15.2. The van der Waals surface area contributed by atoms with E-state index in [9.17, 15) is 13.6 Å². The first-order chi connectivity index (χ1) is 9.38. The molecule has 20 heavy (non-hydrogen) atoms. The first-order valence-corrected chi connectivity index (χ1v) is 6.12. The van der Waals surface area contributed by atoms with Gasteiger partial charge in [0.1, 0.15) is 0 Å². The van der Waals surface area contributed by atoms with Gasteiger partial charge in [-0.15, -0.1) is 0 Å². The molecule has 0 amide bonds. The van der Waals surface area contributed by atoms with Crippen LogP contribution in [0.1, 0.15) is 5.69 Å². The molecule has 0 aliphatic rings. The summed E-state index contributed by atoms with van der Waals surface area (Å²) >= 11 is 2.13. The molecule has 1 atom stereocenters. The second kappa shape index (κ2) is 5.36. The third-order valence-electron chi connectivity index (χ3n) is 2.90. The molecule has 0 saturated carbocycles. The number of halogens is 2. The standard InChI is InChI=1S/C11H10F2N3O3.Al/c1-19-10-5(12)2-4-7(3-6(14)11(17)18)15-16-9(4)8(10)13;/h6H,3,14H2,1H3,(H,15,16)(H,17,18);/q;+1. The van der Waals surface area contributed by atoms with Crippen molar-refractivity contribution >= 4 is 37.6 Å². The molecular formula is C11H10AlF2N3O3+. The van der Waals surface area contributed by atoms with Gasteiger partial charge < -0.3 is 0 Å². The molecule has 0 spiro atoms. The maximum absolute atomic E-state index is 14.0. The number of fused-ring (bicyclic) bond motifs is 1. The molecule has 1 aromatic heterocycles. The fourth-order valence-corrected chi connectivity index (χ4v) is 2.34. The van der Waals surface area contributed by atoms with Crippen molar-refractivity contribution in [1.29, 1.82) is 0 Å². The van der Waals surface area contributed by atoms with Crippen LogP contribution in [0.25, 0.3) is 10.9 Å². The van der Waals surface area contributed by atoms with Crippen LogP contribution in [-0.4, -0.2) is 50.7 Å². The van der Waals surface area contributed by atoms with Gasteiger partial charge in [-0.25, -0.2) is 0 Å². The molecule has 2 rings (SSSR count). The Bertz CT molecular complexity index is 689. The molecule has 2 aromatic rings. The number of aliphatic carboxylic acids is 1. The van der Waals surface area contributed by atoms with Gasteiger partial charge >= 0.3 is 120 Å². The zero-order chi connectivity index (χ0) is 15.0. The van der Waals surface area contributed by atoms with Crippen LogP contribution in [0.15, 0.2) is 0 Å². The van der Waals surface area contributed by atoms with E-state index < -0.39 is 29.4 Å². The van der Waals surface area contributed by atoms with Crippen LogP contribution in [-0.2, 0) is 11.2 Å². The molecule has 4 N–H and O–H groups in total. The number of aromatic nitrogens is 2. The number of hydrogen-bond donors (Lipinski definition) is 3. The first-order valence-electron chi connectivity index (χ1n) is 5.54. The SMILES string of the molecule is COc1c(F)[c]([Al+])c2c(CC(N)C(=O)O)[nH]nc2c1F. The van der Waals surface area contributed by atoms with Crippen molar-refractivity contribution in [2.75, 3.05) is 7.11 Å². The average Bonchev–Trinajstić information content (AvgIpc) is 2.81. The molecular weight excluding hydrogens is 287 g/mol. The van der Waals surface area contributed by atoms with Gasteiger partial charge in [0, 0.05) is 0 Å². The summed E-state index contributed by atoms with van der Waals surface area (Å²) in [7, 11) is 1.14. The summed E-state index contributed by atoms with van der Waals surface area (Å²) in [5.74, 6) is -3.58. The van der Waals surface area contributed by atoms with E-state index in [0.29, 0.717) is 0 Å². The van der Waals surface area contributed by atoms with Crippen LogP contribution in [0.3, 0.4) is 0 Å². The summed E-state index contributed by atoms with van der Waals surface area (Å²) in [4.78, 5) is 10.7. The summed E-state index contributed by atoms with van der Waals surface area (Å²) in [6, 6.07) is -1.20. The van der Waals surface area contributed by atoms with Gasteiger partial charge in [-0.3, -0.25) is 0 Å². The maximum atomic E-state index is 14.0. The topological polar surface area (TPSA) is 101 Å². The van der Waals surface area contributed by atoms with Crippen LogP contribution in [0.4, 0.5) is 8.78 Å². The van der Waals surface area contributed by atoms with Crippen molar-refractivity contribution in [2.24, 2.45) is 5.73 Å². The number of carboxylic acids is 1. The van der Waals surface area contributed by atoms with E-state index in [2.05, 4.69) is 31.2 Å². The van der Waals surface area contributed by atoms with Gasteiger partial charge in [-0.05, 0) is 0 Å². The Hall–Kier alpha value is -1.69. The molecule has 0 saturated heterocycles. The molecule has 1 aromatic carbocycles. The van der Waals surface area contributed by atoms with E-state index in [1.165, 1.54) is 0 Å². The van der Waals surface area contributed by atoms with E-state index >= 15 is 0 Å². The van der Waals surface area contributed by atoms with Gasteiger partial charge in [0.05, 0.1) is 0 Å². The van der Waals surface area contributed by atoms with E-state index in [1.807, 2.05) is 0 Å². The van der Waals surface area contributed by atoms with E-state index in [4.69, 9.17) is 10.8 Å². The van der Waals surface area contributed by atoms with Crippen LogP contribution in [0.2, 0.25) is 0 Å². The third kappa shape index (κ3) is 2.24. The molecule has 0 bridgehead atoms. The number of benzene rings is 1. The number of aromatic amines is 1. The van der Waals surface area contributed by atoms with Crippen molar-refractivity contribution in [3.05, 3.63) is 17.3 Å². The molecule has 6 nitrogen and oxygen atoms in total. The molecule has 0 fully saturated rings. The monoisotopic (exact) mass is 297 g/mol. The zero-order valence-electron chi connectivity index (χ0n) is 10.4. The summed E-state index contributed by atoms with van der Waals surface area (Å²) in [6.45, 7) is 0. The minimum absolute atomic E-state index is 0.0413. The summed E-state index contributed by atoms with van der Waals surface area (Å²) in [6.07, 6.45) is -0.127. The normalized spacial score (nSPS) is 12.6. The van der Waals surface area contributed by atoms with Crippen LogP contribution in [0, 0.1) is 11.6 Å². The summed E-state index contributed by atoms with van der Waals surface area (Å²) < 4.78 is 32.7. The van der Waals surface area contributed by atoms with Gasteiger partial charge in [0.2, 0.25) is 0 Å². The van der Waals surface area contributed by atoms with Gasteiger partial charge in [-0.1, -0.05) is 0 Å². The molecule has 0 aliphatic carbocycles. The zero-order valence-corrected chi connectivity index (χ0v) is 11.6. The minimum atomic E-state index is -1.22. The number of carbonyl (C=O) groups is 1. The first kappa shape index (κ1) is 14.7. The Balaban J connectivity index is 2.64. The van der Waals surface area contributed by atoms with E-state index in [1.54, 1.807) is 0 Å². The van der Waals surface area contributed by atoms with Crippen molar-refractivity contribution < 1.29 is 23.4 Å². The second-order valence-electron chi connectivity index (χ2n) is 4.15. The number of rotatable bonds is 4. The van der Waals surface area contributed by atoms with Crippen molar-refractivity contribution in [3.63, 3.8) is 0 Å². The van der Waals surface area contributed by atoms with E-state index in [-0.39, 0.29) is 27.4 Å². The van der Waals surface area contributed by atoms with Crippen LogP contribution < -0.4 is 14.9 Å². The Morgan fingerprint density at radius 3 is 2.75 bits per heavy atom. The number of hydrogen-bond acceptors (Lipinski definition) is 4. The summed E-state index contributed by atoms with van der Waals surface area (Å²) in [5.41, 5.74) is 5.54. The molecule has 1 radical (unpaired) electrons. The molecule has 1 unspecified atom stereocenters. The van der Waals surface area contributed by atoms with E-state index in [0.717, 1.165) is 7.11 Å². The molecule has 103 valence electrons. The number of H-pyrrole nitrogens is 1. The number of nitrogens with zero attached hydrogens (tertiary/aromatic N) is 1. The van der Waals surface area contributed by atoms with Gasteiger partial charge in [-0.2, -0.15) is 0 Å². The van der Waals surface area contributed by atoms with Crippen molar-refractivity contribution in [3.8, 4) is 5.75 Å². The number of carboxylic acid groups (broad SMARTS) is 1. The average molecular weight is 297 g/mol. The second-order valence-corrected chi connectivity index (χ2v) is 4.73. The molecule has 1 heterocycles. The van der Waals surface area contributed by atoms with Crippen LogP contribution in [0.5, 0.6) is 5.75 Å².